The Morgan fingerprint density at radius 3 is 3.04 bits per heavy atom. The molecule has 0 radical (unpaired) electrons. The Labute approximate surface area is 154 Å². The van der Waals surface area contributed by atoms with Crippen LogP contribution in [0.3, 0.4) is 0 Å². The second-order valence-corrected chi connectivity index (χ2v) is 7.84. The third kappa shape index (κ3) is 4.34. The third-order valence-corrected chi connectivity index (χ3v) is 5.57. The van der Waals surface area contributed by atoms with Crippen molar-refractivity contribution >= 4 is 40.9 Å². The number of nitrogens with one attached hydrogen (secondary N) is 1. The van der Waals surface area contributed by atoms with E-state index in [-0.39, 0.29) is 16.8 Å². The summed E-state index contributed by atoms with van der Waals surface area (Å²) in [6.45, 7) is 0.613. The first-order chi connectivity index (χ1) is 11.9. The summed E-state index contributed by atoms with van der Waals surface area (Å²) in [6, 6.07) is 4.77. The molecule has 2 saturated heterocycles. The third-order valence-electron chi connectivity index (χ3n) is 4.38. The molecule has 2 fully saturated rings. The molecule has 0 spiro atoms. The number of nitrogens with two attached hydrogens (primary N) is 1. The average Bonchev–Trinajstić information content (AvgIpc) is 2.94. The summed E-state index contributed by atoms with van der Waals surface area (Å²) in [5, 5.41) is 12.6. The van der Waals surface area contributed by atoms with Crippen LogP contribution in [0.2, 0.25) is 0 Å². The first-order valence-corrected chi connectivity index (χ1v) is 9.50. The maximum atomic E-state index is 14.6. The summed E-state index contributed by atoms with van der Waals surface area (Å²) < 4.78 is 19.8. The monoisotopic (exact) mass is 385 g/mol. The fourth-order valence-electron chi connectivity index (χ4n) is 3.13. The fourth-order valence-corrected chi connectivity index (χ4v) is 4.27. The van der Waals surface area contributed by atoms with Crippen molar-refractivity contribution < 1.29 is 19.0 Å². The van der Waals surface area contributed by atoms with Crippen molar-refractivity contribution in [2.75, 3.05) is 23.7 Å². The molecule has 3 atom stereocenters. The number of benzene rings is 1. The van der Waals surface area contributed by atoms with E-state index in [1.807, 2.05) is 0 Å². The molecule has 2 heterocycles. The average molecular weight is 385 g/mol. The molecule has 0 aliphatic carbocycles. The molecule has 3 rings (SSSR count). The lowest BCUT2D eigenvalue weighted by molar-refractivity contribution is 0.143. The number of hydrogen-bond donors (Lipinski definition) is 3. The normalized spacial score (nSPS) is 26.4. The topological polar surface area (TPSA) is 87.8 Å². The highest BCUT2D eigenvalue weighted by molar-refractivity contribution is 7.99. The number of carbonyl (C=O) groups is 1. The smallest absolute Gasteiger partial charge is 0.414 e. The fraction of sp³-hybridized carbons (Fsp3) is 0.500. The summed E-state index contributed by atoms with van der Waals surface area (Å²) in [6.07, 6.45) is 0.448. The van der Waals surface area contributed by atoms with Gasteiger partial charge in [0.25, 0.3) is 0 Å². The summed E-state index contributed by atoms with van der Waals surface area (Å²) in [7, 11) is 0. The minimum atomic E-state index is -0.522. The number of aliphatic hydroxyl groups excluding tert-OH is 1. The summed E-state index contributed by atoms with van der Waals surface area (Å²) in [4.78, 5) is 13.4. The summed E-state index contributed by atoms with van der Waals surface area (Å²) >= 11 is 6.22. The molecule has 2 aliphatic rings. The molecule has 0 aromatic heterocycles. The lowest BCUT2D eigenvalue weighted by Gasteiger charge is -2.26. The highest BCUT2D eigenvalue weighted by Crippen LogP contribution is 2.37. The molecule has 0 bridgehead atoms. The number of aliphatic hydroxyl groups is 1. The van der Waals surface area contributed by atoms with Gasteiger partial charge in [-0.05, 0) is 54.4 Å². The molecule has 4 N–H and O–H groups in total. The van der Waals surface area contributed by atoms with Crippen LogP contribution in [0, 0.1) is 5.82 Å². The first kappa shape index (κ1) is 18.2. The number of thiocarbonyl (C=S) groups is 1. The molecule has 136 valence electrons. The van der Waals surface area contributed by atoms with Gasteiger partial charge >= 0.3 is 6.09 Å². The van der Waals surface area contributed by atoms with E-state index < -0.39 is 17.6 Å². The van der Waals surface area contributed by atoms with Crippen molar-refractivity contribution in [2.45, 2.75) is 30.3 Å². The van der Waals surface area contributed by atoms with E-state index in [1.54, 1.807) is 12.1 Å². The Bertz CT molecular complexity index is 676. The van der Waals surface area contributed by atoms with Gasteiger partial charge < -0.3 is 20.9 Å². The van der Waals surface area contributed by atoms with Gasteiger partial charge in [0.15, 0.2) is 5.11 Å². The van der Waals surface area contributed by atoms with Crippen molar-refractivity contribution in [3.63, 3.8) is 0 Å². The molecule has 1 aromatic rings. The SMILES string of the molecule is NC(=S)NCC1CN(c2ccc([C@H]3CCS[C@H](O)C3)c(F)c2)C(=O)O1. The van der Waals surface area contributed by atoms with Gasteiger partial charge in [0.2, 0.25) is 0 Å². The van der Waals surface area contributed by atoms with Gasteiger partial charge in [0.05, 0.1) is 24.2 Å². The van der Waals surface area contributed by atoms with Crippen LogP contribution in [0.4, 0.5) is 14.9 Å². The minimum Gasteiger partial charge on any atom is -0.442 e. The van der Waals surface area contributed by atoms with Gasteiger partial charge in [-0.2, -0.15) is 0 Å². The zero-order chi connectivity index (χ0) is 18.0. The number of rotatable bonds is 4. The Morgan fingerprint density at radius 2 is 2.36 bits per heavy atom. The van der Waals surface area contributed by atoms with Gasteiger partial charge in [-0.3, -0.25) is 4.90 Å². The Hall–Kier alpha value is -1.58. The number of nitrogens with zero attached hydrogens (tertiary/aromatic N) is 1. The molecule has 9 heteroatoms. The highest BCUT2D eigenvalue weighted by atomic mass is 32.2. The predicted octanol–water partition coefficient (Wildman–Crippen LogP) is 1.91. The van der Waals surface area contributed by atoms with Crippen LogP contribution in [-0.4, -0.2) is 46.7 Å². The van der Waals surface area contributed by atoms with Crippen molar-refractivity contribution in [2.24, 2.45) is 5.73 Å². The maximum absolute atomic E-state index is 14.6. The van der Waals surface area contributed by atoms with E-state index in [2.05, 4.69) is 5.32 Å². The second kappa shape index (κ2) is 7.76. The van der Waals surface area contributed by atoms with Crippen LogP contribution >= 0.6 is 24.0 Å². The number of hydrogen-bond acceptors (Lipinski definition) is 5. The van der Waals surface area contributed by atoms with Crippen molar-refractivity contribution in [1.82, 2.24) is 5.32 Å². The number of thioether (sulfide) groups is 1. The molecule has 25 heavy (non-hydrogen) atoms. The minimum absolute atomic E-state index is 0.00153. The molecule has 6 nitrogen and oxygen atoms in total. The maximum Gasteiger partial charge on any atom is 0.414 e. The molecule has 0 saturated carbocycles. The van der Waals surface area contributed by atoms with Gasteiger partial charge in [-0.15, -0.1) is 11.8 Å². The molecule has 1 amide bonds. The Morgan fingerprint density at radius 1 is 1.56 bits per heavy atom. The van der Waals surface area contributed by atoms with Crippen molar-refractivity contribution in [1.29, 1.82) is 0 Å². The predicted molar refractivity (Wildman–Crippen MR) is 99.2 cm³/mol. The largest absolute Gasteiger partial charge is 0.442 e. The molecule has 1 aromatic carbocycles. The number of amides is 1. The number of ether oxygens (including phenoxy) is 1. The van der Waals surface area contributed by atoms with E-state index in [1.165, 1.54) is 22.7 Å². The highest BCUT2D eigenvalue weighted by Gasteiger charge is 2.33. The summed E-state index contributed by atoms with van der Waals surface area (Å²) in [5.41, 5.74) is 5.95. The van der Waals surface area contributed by atoms with Crippen LogP contribution in [0.15, 0.2) is 18.2 Å². The zero-order valence-electron chi connectivity index (χ0n) is 13.5. The number of anilines is 1. The van der Waals surface area contributed by atoms with Crippen molar-refractivity contribution in [3.05, 3.63) is 29.6 Å². The summed E-state index contributed by atoms with van der Waals surface area (Å²) in [5.74, 6) is 0.445. The Balaban J connectivity index is 1.70. The van der Waals surface area contributed by atoms with Crippen LogP contribution in [0.5, 0.6) is 0 Å². The number of carbonyl (C=O) groups excluding carboxylic acids is 1. The van der Waals surface area contributed by atoms with Gasteiger partial charge in [-0.25, -0.2) is 9.18 Å². The van der Waals surface area contributed by atoms with Gasteiger partial charge in [0.1, 0.15) is 11.9 Å². The van der Waals surface area contributed by atoms with E-state index in [4.69, 9.17) is 22.7 Å². The quantitative estimate of drug-likeness (QED) is 0.683. The first-order valence-electron chi connectivity index (χ1n) is 8.04. The van der Waals surface area contributed by atoms with Crippen LogP contribution < -0.4 is 16.0 Å². The number of halogens is 1. The zero-order valence-corrected chi connectivity index (χ0v) is 15.1. The Kier molecular flexibility index (Phi) is 5.65. The molecule has 1 unspecified atom stereocenters. The van der Waals surface area contributed by atoms with Gasteiger partial charge in [-0.1, -0.05) is 6.07 Å². The van der Waals surface area contributed by atoms with E-state index in [9.17, 15) is 14.3 Å². The van der Waals surface area contributed by atoms with Crippen LogP contribution in [0.1, 0.15) is 24.3 Å². The standard InChI is InChI=1S/C16H20FN3O3S2/c17-13-6-10(1-2-12(13)9-3-4-25-14(21)5-9)20-8-11(23-16(20)22)7-19-15(18)24/h1-2,6,9,11,14,21H,3-5,7-8H2,(H3,18,19,24)/t9-,11?,14-/m0/s1. The molecular formula is C16H20FN3O3S2. The van der Waals surface area contributed by atoms with E-state index in [0.29, 0.717) is 30.8 Å². The van der Waals surface area contributed by atoms with Crippen molar-refractivity contribution in [3.8, 4) is 0 Å². The van der Waals surface area contributed by atoms with Gasteiger partial charge in [0, 0.05) is 0 Å². The molecule has 2 aliphatic heterocycles. The number of cyclic esters (lactones) is 1. The van der Waals surface area contributed by atoms with E-state index in [0.717, 1.165) is 12.2 Å². The van der Waals surface area contributed by atoms with E-state index >= 15 is 0 Å². The van der Waals surface area contributed by atoms with Crippen LogP contribution in [-0.2, 0) is 4.74 Å². The molecular weight excluding hydrogens is 365 g/mol. The van der Waals surface area contributed by atoms with Crippen LogP contribution in [0.25, 0.3) is 0 Å². The lowest BCUT2D eigenvalue weighted by Crippen LogP contribution is -2.37. The second-order valence-electron chi connectivity index (χ2n) is 6.11. The lowest BCUT2D eigenvalue weighted by atomic mass is 9.92.